The smallest absolute Gasteiger partial charge is 0.133 e. The summed E-state index contributed by atoms with van der Waals surface area (Å²) in [4.78, 5) is 0. The molecule has 0 atom stereocenters. The van der Waals surface area contributed by atoms with Crippen molar-refractivity contribution in [3.05, 3.63) is 84.7 Å². The highest BCUT2D eigenvalue weighted by molar-refractivity contribution is 6.11. The maximum Gasteiger partial charge on any atom is 0.133 e. The molecule has 0 radical (unpaired) electrons. The fourth-order valence-corrected chi connectivity index (χ4v) is 3.38. The maximum atomic E-state index is 14.6. The molecule has 0 spiro atoms. The number of fused-ring (bicyclic) bond motifs is 5. The number of rotatable bonds is 1. The minimum Gasteiger partial charge on any atom is -0.231 e. The van der Waals surface area contributed by atoms with Crippen molar-refractivity contribution in [2.45, 2.75) is 0 Å². The van der Waals surface area contributed by atoms with E-state index in [0.29, 0.717) is 5.39 Å². The minimum absolute atomic E-state index is 0.220. The molecular weight excluding hydrogens is 299 g/mol. The molecule has 0 bridgehead atoms. The van der Waals surface area contributed by atoms with E-state index in [2.05, 4.69) is 0 Å². The summed E-state index contributed by atoms with van der Waals surface area (Å²) < 4.78 is 16.5. The summed E-state index contributed by atoms with van der Waals surface area (Å²) in [5.74, 6) is -0.220. The van der Waals surface area contributed by atoms with Gasteiger partial charge < -0.3 is 0 Å². The van der Waals surface area contributed by atoms with Crippen molar-refractivity contribution in [2.75, 3.05) is 0 Å². The van der Waals surface area contributed by atoms with Crippen molar-refractivity contribution in [3.8, 4) is 11.3 Å². The SMILES string of the molecule is Fc1cccc2cc(-c3ccccc3)n3nc4ccccc4c3c12. The van der Waals surface area contributed by atoms with E-state index in [9.17, 15) is 4.39 Å². The third-order valence-electron chi connectivity index (χ3n) is 4.45. The number of hydrogen-bond donors (Lipinski definition) is 0. The first-order valence-electron chi connectivity index (χ1n) is 7.87. The number of benzene rings is 3. The second-order valence-corrected chi connectivity index (χ2v) is 5.88. The predicted molar refractivity (Wildman–Crippen MR) is 95.6 cm³/mol. The molecule has 0 fully saturated rings. The highest BCUT2D eigenvalue weighted by atomic mass is 19.1. The van der Waals surface area contributed by atoms with E-state index in [1.807, 2.05) is 71.2 Å². The lowest BCUT2D eigenvalue weighted by Crippen LogP contribution is -1.96. The van der Waals surface area contributed by atoms with Gasteiger partial charge in [-0.3, -0.25) is 0 Å². The lowest BCUT2D eigenvalue weighted by Gasteiger charge is -2.09. The van der Waals surface area contributed by atoms with E-state index in [-0.39, 0.29) is 5.82 Å². The van der Waals surface area contributed by atoms with Crippen molar-refractivity contribution in [2.24, 2.45) is 0 Å². The second kappa shape index (κ2) is 4.90. The molecule has 5 rings (SSSR count). The number of aromatic nitrogens is 2. The van der Waals surface area contributed by atoms with E-state index in [0.717, 1.165) is 33.1 Å². The average Bonchev–Trinajstić information content (AvgIpc) is 3.01. The molecule has 3 heteroatoms. The van der Waals surface area contributed by atoms with Crippen LogP contribution in [-0.4, -0.2) is 9.61 Å². The largest absolute Gasteiger partial charge is 0.231 e. The topological polar surface area (TPSA) is 17.3 Å². The Bertz CT molecular complexity index is 1210. The Labute approximate surface area is 137 Å². The summed E-state index contributed by atoms with van der Waals surface area (Å²) in [7, 11) is 0. The van der Waals surface area contributed by atoms with Gasteiger partial charge in [0.1, 0.15) is 5.82 Å². The van der Waals surface area contributed by atoms with Gasteiger partial charge in [0.2, 0.25) is 0 Å². The van der Waals surface area contributed by atoms with Crippen molar-refractivity contribution in [3.63, 3.8) is 0 Å². The van der Waals surface area contributed by atoms with Gasteiger partial charge in [-0.25, -0.2) is 8.91 Å². The zero-order valence-corrected chi connectivity index (χ0v) is 12.8. The van der Waals surface area contributed by atoms with E-state index >= 15 is 0 Å². The number of pyridine rings is 1. The first-order valence-corrected chi connectivity index (χ1v) is 7.87. The predicted octanol–water partition coefficient (Wildman–Crippen LogP) is 5.45. The normalized spacial score (nSPS) is 11.5. The van der Waals surface area contributed by atoms with Crippen molar-refractivity contribution in [1.29, 1.82) is 0 Å². The number of nitrogens with zero attached hydrogens (tertiary/aromatic N) is 2. The zero-order chi connectivity index (χ0) is 16.1. The average molecular weight is 312 g/mol. The van der Waals surface area contributed by atoms with Gasteiger partial charge in [-0.1, -0.05) is 60.7 Å². The van der Waals surface area contributed by atoms with Gasteiger partial charge in [0.05, 0.1) is 16.7 Å². The summed E-state index contributed by atoms with van der Waals surface area (Å²) in [6.45, 7) is 0. The summed E-state index contributed by atoms with van der Waals surface area (Å²) >= 11 is 0. The third-order valence-corrected chi connectivity index (χ3v) is 4.45. The van der Waals surface area contributed by atoms with Crippen LogP contribution in [-0.2, 0) is 0 Å². The zero-order valence-electron chi connectivity index (χ0n) is 12.8. The van der Waals surface area contributed by atoms with Crippen LogP contribution in [0.1, 0.15) is 0 Å². The highest BCUT2D eigenvalue weighted by Gasteiger charge is 2.15. The first-order chi connectivity index (χ1) is 11.8. The summed E-state index contributed by atoms with van der Waals surface area (Å²) in [5, 5.41) is 7.19. The Morgan fingerprint density at radius 2 is 1.58 bits per heavy atom. The Hall–Kier alpha value is -3.20. The van der Waals surface area contributed by atoms with Gasteiger partial charge in [-0.2, -0.15) is 5.10 Å². The molecule has 0 saturated heterocycles. The molecular formula is C21H13FN2. The Balaban J connectivity index is 2.08. The van der Waals surface area contributed by atoms with Gasteiger partial charge in [0.15, 0.2) is 0 Å². The van der Waals surface area contributed by atoms with E-state index in [4.69, 9.17) is 5.10 Å². The van der Waals surface area contributed by atoms with E-state index < -0.39 is 0 Å². The van der Waals surface area contributed by atoms with Gasteiger partial charge in [-0.05, 0) is 23.6 Å². The molecule has 0 aliphatic heterocycles. The van der Waals surface area contributed by atoms with Gasteiger partial charge in [0.25, 0.3) is 0 Å². The van der Waals surface area contributed by atoms with Crippen LogP contribution in [0.3, 0.4) is 0 Å². The molecule has 114 valence electrons. The maximum absolute atomic E-state index is 14.6. The molecule has 3 aromatic carbocycles. The highest BCUT2D eigenvalue weighted by Crippen LogP contribution is 2.33. The molecule has 0 unspecified atom stereocenters. The van der Waals surface area contributed by atoms with Crippen LogP contribution in [0.25, 0.3) is 38.4 Å². The molecule has 2 heterocycles. The monoisotopic (exact) mass is 312 g/mol. The van der Waals surface area contributed by atoms with Crippen LogP contribution in [0.2, 0.25) is 0 Å². The summed E-state index contributed by atoms with van der Waals surface area (Å²) in [6.07, 6.45) is 0. The van der Waals surface area contributed by atoms with Gasteiger partial charge in [-0.15, -0.1) is 0 Å². The third kappa shape index (κ3) is 1.78. The second-order valence-electron chi connectivity index (χ2n) is 5.88. The number of halogens is 1. The van der Waals surface area contributed by atoms with Crippen LogP contribution >= 0.6 is 0 Å². The van der Waals surface area contributed by atoms with Crippen molar-refractivity contribution < 1.29 is 4.39 Å². The molecule has 5 aromatic rings. The Morgan fingerprint density at radius 1 is 0.792 bits per heavy atom. The Kier molecular flexibility index (Phi) is 2.71. The fraction of sp³-hybridized carbons (Fsp3) is 0. The lowest BCUT2D eigenvalue weighted by atomic mass is 10.0. The van der Waals surface area contributed by atoms with Gasteiger partial charge in [0, 0.05) is 16.3 Å². The number of hydrogen-bond acceptors (Lipinski definition) is 1. The van der Waals surface area contributed by atoms with Crippen LogP contribution in [0.5, 0.6) is 0 Å². The summed E-state index contributed by atoms with van der Waals surface area (Å²) in [5.41, 5.74) is 3.70. The van der Waals surface area contributed by atoms with E-state index in [1.165, 1.54) is 6.07 Å². The molecule has 0 N–H and O–H groups in total. The molecule has 0 saturated carbocycles. The first kappa shape index (κ1) is 13.3. The van der Waals surface area contributed by atoms with Crippen molar-refractivity contribution in [1.82, 2.24) is 9.61 Å². The Morgan fingerprint density at radius 3 is 2.46 bits per heavy atom. The summed E-state index contributed by atoms with van der Waals surface area (Å²) in [6, 6.07) is 25.2. The molecule has 2 aromatic heterocycles. The molecule has 24 heavy (non-hydrogen) atoms. The van der Waals surface area contributed by atoms with Gasteiger partial charge >= 0.3 is 0 Å². The van der Waals surface area contributed by atoms with Crippen LogP contribution in [0.15, 0.2) is 78.9 Å². The van der Waals surface area contributed by atoms with Crippen LogP contribution in [0, 0.1) is 5.82 Å². The van der Waals surface area contributed by atoms with Crippen LogP contribution in [0.4, 0.5) is 4.39 Å². The standard InChI is InChI=1S/C21H13FN2/c22-17-11-6-9-15-13-19(14-7-2-1-3-8-14)24-21(20(15)17)16-10-4-5-12-18(16)23-24/h1-13H. The molecule has 0 amide bonds. The molecule has 0 aliphatic carbocycles. The van der Waals surface area contributed by atoms with E-state index in [1.54, 1.807) is 6.07 Å². The molecule has 0 aliphatic rings. The minimum atomic E-state index is -0.220. The quantitative estimate of drug-likeness (QED) is 0.402. The lowest BCUT2D eigenvalue weighted by molar-refractivity contribution is 0.640. The fourth-order valence-electron chi connectivity index (χ4n) is 3.38. The molecule has 2 nitrogen and oxygen atoms in total. The van der Waals surface area contributed by atoms with Crippen LogP contribution < -0.4 is 0 Å². The van der Waals surface area contributed by atoms with Crippen molar-refractivity contribution >= 4 is 27.2 Å².